The molecule has 1 amide bonds. The van der Waals surface area contributed by atoms with Crippen LogP contribution in [0.2, 0.25) is 0 Å². The average molecular weight is 441 g/mol. The van der Waals surface area contributed by atoms with Crippen molar-refractivity contribution in [2.45, 2.75) is 33.7 Å². The number of carbonyl (C=O) groups excluding carboxylic acids is 2. The number of esters is 1. The lowest BCUT2D eigenvalue weighted by Gasteiger charge is -2.21. The molecule has 0 bridgehead atoms. The van der Waals surface area contributed by atoms with Crippen molar-refractivity contribution in [1.29, 1.82) is 0 Å². The van der Waals surface area contributed by atoms with Gasteiger partial charge in [-0.1, -0.05) is 26.0 Å². The Kier molecular flexibility index (Phi) is 10.2. The molecule has 2 aromatic rings. The van der Waals surface area contributed by atoms with Crippen LogP contribution < -0.4 is 9.47 Å². The summed E-state index contributed by atoms with van der Waals surface area (Å²) in [4.78, 5) is 30.4. The highest BCUT2D eigenvalue weighted by atomic mass is 16.5. The molecule has 0 radical (unpaired) electrons. The number of pyridine rings is 1. The summed E-state index contributed by atoms with van der Waals surface area (Å²) in [6.45, 7) is 7.42. The third kappa shape index (κ3) is 8.41. The number of amides is 1. The monoisotopic (exact) mass is 440 g/mol. The van der Waals surface area contributed by atoms with Gasteiger partial charge in [0.05, 0.1) is 26.7 Å². The number of carbonyl (C=O) groups is 2. The van der Waals surface area contributed by atoms with E-state index in [-0.39, 0.29) is 24.8 Å². The molecule has 0 N–H and O–H groups in total. The molecule has 172 valence electrons. The van der Waals surface area contributed by atoms with E-state index in [1.54, 1.807) is 37.4 Å². The van der Waals surface area contributed by atoms with Gasteiger partial charge in [-0.15, -0.1) is 0 Å². The van der Waals surface area contributed by atoms with Crippen LogP contribution in [-0.4, -0.2) is 48.6 Å². The minimum absolute atomic E-state index is 0.128. The molecule has 0 unspecified atom stereocenters. The topological polar surface area (TPSA) is 78.0 Å². The second-order valence-corrected chi connectivity index (χ2v) is 7.62. The molecule has 1 aromatic carbocycles. The smallest absolute Gasteiger partial charge is 0.307 e. The summed E-state index contributed by atoms with van der Waals surface area (Å²) >= 11 is 0. The molecule has 0 aliphatic heterocycles. The fourth-order valence-electron chi connectivity index (χ4n) is 2.88. The van der Waals surface area contributed by atoms with Gasteiger partial charge in [0.15, 0.2) is 11.5 Å². The van der Waals surface area contributed by atoms with Gasteiger partial charge < -0.3 is 19.1 Å². The van der Waals surface area contributed by atoms with Gasteiger partial charge in [0.2, 0.25) is 5.91 Å². The number of rotatable bonds is 12. The number of benzene rings is 1. The van der Waals surface area contributed by atoms with E-state index in [1.807, 2.05) is 30.3 Å². The Morgan fingerprint density at radius 2 is 2.00 bits per heavy atom. The molecule has 1 heterocycles. The summed E-state index contributed by atoms with van der Waals surface area (Å²) in [5, 5.41) is 0. The fourth-order valence-corrected chi connectivity index (χ4v) is 2.88. The average Bonchev–Trinajstić information content (AvgIpc) is 2.79. The predicted octanol–water partition coefficient (Wildman–Crippen LogP) is 4.12. The van der Waals surface area contributed by atoms with Crippen molar-refractivity contribution < 1.29 is 23.8 Å². The molecule has 0 saturated carbocycles. The van der Waals surface area contributed by atoms with Crippen LogP contribution in [0.15, 0.2) is 48.8 Å². The molecule has 7 heteroatoms. The van der Waals surface area contributed by atoms with E-state index in [1.165, 1.54) is 6.08 Å². The Balaban J connectivity index is 2.11. The number of methoxy groups -OCH3 is 1. The fraction of sp³-hybridized carbons (Fsp3) is 0.400. The van der Waals surface area contributed by atoms with Crippen molar-refractivity contribution >= 4 is 18.0 Å². The van der Waals surface area contributed by atoms with Gasteiger partial charge in [-0.25, -0.2) is 0 Å². The lowest BCUT2D eigenvalue weighted by molar-refractivity contribution is -0.143. The van der Waals surface area contributed by atoms with Crippen molar-refractivity contribution in [3.05, 3.63) is 59.9 Å². The van der Waals surface area contributed by atoms with E-state index in [9.17, 15) is 9.59 Å². The minimum atomic E-state index is -0.331. The van der Waals surface area contributed by atoms with Crippen molar-refractivity contribution in [3.63, 3.8) is 0 Å². The molecule has 0 atom stereocenters. The van der Waals surface area contributed by atoms with Gasteiger partial charge in [-0.3, -0.25) is 14.6 Å². The van der Waals surface area contributed by atoms with Crippen LogP contribution in [0.1, 0.15) is 38.3 Å². The zero-order valence-electron chi connectivity index (χ0n) is 19.2. The number of hydrogen-bond donors (Lipinski definition) is 0. The van der Waals surface area contributed by atoms with Crippen molar-refractivity contribution in [1.82, 2.24) is 9.88 Å². The Hall–Kier alpha value is -3.35. The molecular formula is C25H32N2O5. The summed E-state index contributed by atoms with van der Waals surface area (Å²) in [5.41, 5.74) is 1.69. The van der Waals surface area contributed by atoms with Crippen LogP contribution in [0.4, 0.5) is 0 Å². The highest BCUT2D eigenvalue weighted by Crippen LogP contribution is 2.29. The van der Waals surface area contributed by atoms with Crippen molar-refractivity contribution in [2.75, 3.05) is 26.9 Å². The van der Waals surface area contributed by atoms with E-state index in [2.05, 4.69) is 18.8 Å². The molecule has 7 nitrogen and oxygen atoms in total. The molecule has 0 aliphatic carbocycles. The maximum absolute atomic E-state index is 12.9. The van der Waals surface area contributed by atoms with E-state index in [0.29, 0.717) is 37.2 Å². The predicted molar refractivity (Wildman–Crippen MR) is 123 cm³/mol. The van der Waals surface area contributed by atoms with Crippen molar-refractivity contribution in [3.8, 4) is 11.5 Å². The molecule has 2 rings (SSSR count). The SMILES string of the molecule is CCOC(=O)CCN(Cc1cccnc1)C(=O)/C=C/c1ccc(OCC(C)C)c(OC)c1. The van der Waals surface area contributed by atoms with E-state index in [4.69, 9.17) is 14.2 Å². The maximum atomic E-state index is 12.9. The first kappa shape index (κ1) is 24.9. The van der Waals surface area contributed by atoms with Crippen LogP contribution in [0.25, 0.3) is 6.08 Å². The third-order valence-electron chi connectivity index (χ3n) is 4.48. The largest absolute Gasteiger partial charge is 0.493 e. The first-order valence-electron chi connectivity index (χ1n) is 10.7. The second kappa shape index (κ2) is 13.1. The molecule has 0 saturated heterocycles. The summed E-state index contributed by atoms with van der Waals surface area (Å²) < 4.78 is 16.2. The number of ether oxygens (including phenoxy) is 3. The molecule has 0 spiro atoms. The molecule has 1 aromatic heterocycles. The zero-order chi connectivity index (χ0) is 23.3. The van der Waals surface area contributed by atoms with Crippen LogP contribution in [0.3, 0.4) is 0 Å². The third-order valence-corrected chi connectivity index (χ3v) is 4.48. The standard InChI is InChI=1S/C25H32N2O5/c1-5-31-25(29)12-14-27(17-21-7-6-13-26-16-21)24(28)11-9-20-8-10-22(23(15-20)30-4)32-18-19(2)3/h6-11,13,15-16,19H,5,12,14,17-18H2,1-4H3/b11-9+. The quantitative estimate of drug-likeness (QED) is 0.365. The summed E-state index contributed by atoms with van der Waals surface area (Å²) in [7, 11) is 1.58. The Labute approximate surface area is 190 Å². The first-order valence-corrected chi connectivity index (χ1v) is 10.7. The Bertz CT molecular complexity index is 896. The summed E-state index contributed by atoms with van der Waals surface area (Å²) in [5.74, 6) is 1.13. The van der Waals surface area contributed by atoms with Gasteiger partial charge in [0.1, 0.15) is 0 Å². The van der Waals surface area contributed by atoms with E-state index < -0.39 is 0 Å². The number of hydrogen-bond acceptors (Lipinski definition) is 6. The van der Waals surface area contributed by atoms with Crippen LogP contribution in [0.5, 0.6) is 11.5 Å². The Morgan fingerprint density at radius 3 is 2.66 bits per heavy atom. The van der Waals surface area contributed by atoms with Gasteiger partial charge >= 0.3 is 5.97 Å². The number of aromatic nitrogens is 1. The lowest BCUT2D eigenvalue weighted by Crippen LogP contribution is -2.31. The highest BCUT2D eigenvalue weighted by molar-refractivity contribution is 5.92. The van der Waals surface area contributed by atoms with Crippen molar-refractivity contribution in [2.24, 2.45) is 5.92 Å². The minimum Gasteiger partial charge on any atom is -0.493 e. The molecular weight excluding hydrogens is 408 g/mol. The van der Waals surface area contributed by atoms with Crippen LogP contribution in [-0.2, 0) is 20.9 Å². The van der Waals surface area contributed by atoms with Crippen LogP contribution >= 0.6 is 0 Å². The van der Waals surface area contributed by atoms with Gasteiger partial charge in [0, 0.05) is 31.6 Å². The molecule has 0 fully saturated rings. The highest BCUT2D eigenvalue weighted by Gasteiger charge is 2.14. The lowest BCUT2D eigenvalue weighted by atomic mass is 10.1. The molecule has 0 aliphatic rings. The van der Waals surface area contributed by atoms with Crippen LogP contribution in [0, 0.1) is 5.92 Å². The summed E-state index contributed by atoms with van der Waals surface area (Å²) in [6.07, 6.45) is 6.72. The maximum Gasteiger partial charge on any atom is 0.307 e. The zero-order valence-corrected chi connectivity index (χ0v) is 19.2. The van der Waals surface area contributed by atoms with Gasteiger partial charge in [0.25, 0.3) is 0 Å². The second-order valence-electron chi connectivity index (χ2n) is 7.62. The normalized spacial score (nSPS) is 10.9. The Morgan fingerprint density at radius 1 is 1.19 bits per heavy atom. The molecule has 32 heavy (non-hydrogen) atoms. The van der Waals surface area contributed by atoms with E-state index in [0.717, 1.165) is 11.1 Å². The van der Waals surface area contributed by atoms with Gasteiger partial charge in [-0.05, 0) is 48.2 Å². The summed E-state index contributed by atoms with van der Waals surface area (Å²) in [6, 6.07) is 9.23. The van der Waals surface area contributed by atoms with Gasteiger partial charge in [-0.2, -0.15) is 0 Å². The number of nitrogens with zero attached hydrogens (tertiary/aromatic N) is 2. The first-order chi connectivity index (χ1) is 15.4. The van der Waals surface area contributed by atoms with E-state index >= 15 is 0 Å².